The van der Waals surface area contributed by atoms with Crippen molar-refractivity contribution in [3.8, 4) is 5.75 Å². The summed E-state index contributed by atoms with van der Waals surface area (Å²) in [5, 5.41) is 11.5. The highest BCUT2D eigenvalue weighted by atomic mass is 32.2. The minimum atomic E-state index is -4.87. The fourth-order valence-corrected chi connectivity index (χ4v) is 7.18. The Hall–Kier alpha value is -2.84. The molecule has 0 bridgehead atoms. The number of rotatable bonds is 5. The number of para-hydroxylation sites is 1. The predicted octanol–water partition coefficient (Wildman–Crippen LogP) is 4.98. The van der Waals surface area contributed by atoms with Crippen molar-refractivity contribution in [2.75, 3.05) is 25.0 Å². The summed E-state index contributed by atoms with van der Waals surface area (Å²) in [5.74, 6) is -0.872. The Morgan fingerprint density at radius 2 is 1.74 bits per heavy atom. The molecule has 3 N–H and O–H groups in total. The molecule has 2 aliphatic rings. The van der Waals surface area contributed by atoms with E-state index < -0.39 is 40.2 Å². The SMILES string of the molecule is CN1CC(NS(=N)(=O)c2ccc(OC(F)(F)F)cc2)C(O)C(N2c3ccccc3Sc3cc(F)ccc32)C1. The van der Waals surface area contributed by atoms with Crippen LogP contribution in [0.15, 0.2) is 81.4 Å². The van der Waals surface area contributed by atoms with Crippen molar-refractivity contribution in [1.29, 1.82) is 4.78 Å². The summed E-state index contributed by atoms with van der Waals surface area (Å²) in [5.41, 5.74) is 1.56. The summed E-state index contributed by atoms with van der Waals surface area (Å²) >= 11 is 1.43. The molecule has 202 valence electrons. The number of aliphatic hydroxyl groups excluding tert-OH is 1. The van der Waals surface area contributed by atoms with E-state index in [-0.39, 0.29) is 17.3 Å². The van der Waals surface area contributed by atoms with Gasteiger partial charge in [0, 0.05) is 22.9 Å². The van der Waals surface area contributed by atoms with Crippen LogP contribution in [0.1, 0.15) is 0 Å². The second-order valence-corrected chi connectivity index (χ2v) is 12.0. The number of hydrogen-bond donors (Lipinski definition) is 3. The number of anilines is 2. The van der Waals surface area contributed by atoms with Gasteiger partial charge < -0.3 is 19.6 Å². The molecule has 3 aromatic carbocycles. The maximum Gasteiger partial charge on any atom is 0.573 e. The molecule has 3 aromatic rings. The van der Waals surface area contributed by atoms with Crippen LogP contribution in [-0.2, 0) is 9.92 Å². The van der Waals surface area contributed by atoms with Crippen LogP contribution in [0.2, 0.25) is 0 Å². The zero-order valence-corrected chi connectivity index (χ0v) is 21.6. The normalized spacial score (nSPS) is 23.3. The lowest BCUT2D eigenvalue weighted by atomic mass is 9.95. The fourth-order valence-electron chi connectivity index (χ4n) is 4.79. The van der Waals surface area contributed by atoms with Crippen LogP contribution in [0, 0.1) is 10.6 Å². The lowest BCUT2D eigenvalue weighted by Crippen LogP contribution is -2.64. The first-order valence-corrected chi connectivity index (χ1v) is 13.9. The van der Waals surface area contributed by atoms with Crippen molar-refractivity contribution < 1.29 is 31.6 Å². The molecule has 13 heteroatoms. The van der Waals surface area contributed by atoms with Gasteiger partial charge in [-0.2, -0.15) is 0 Å². The van der Waals surface area contributed by atoms with Gasteiger partial charge in [-0.1, -0.05) is 23.9 Å². The largest absolute Gasteiger partial charge is 0.573 e. The van der Waals surface area contributed by atoms with E-state index in [2.05, 4.69) is 9.46 Å². The third-order valence-electron chi connectivity index (χ3n) is 6.38. The predicted molar refractivity (Wildman–Crippen MR) is 136 cm³/mol. The summed E-state index contributed by atoms with van der Waals surface area (Å²) in [6, 6.07) is 14.9. The molecule has 38 heavy (non-hydrogen) atoms. The molecule has 5 rings (SSSR count). The maximum atomic E-state index is 14.1. The summed E-state index contributed by atoms with van der Waals surface area (Å²) < 4.78 is 79.9. The van der Waals surface area contributed by atoms with Gasteiger partial charge in [-0.3, -0.25) is 0 Å². The molecule has 2 heterocycles. The van der Waals surface area contributed by atoms with Gasteiger partial charge in [-0.05, 0) is 61.6 Å². The number of nitrogens with zero attached hydrogens (tertiary/aromatic N) is 2. The first-order chi connectivity index (χ1) is 17.9. The standard InChI is InChI=1S/C25H24F4N4O3S2/c1-32-13-18(31-38(30,35)17-9-7-16(8-10-17)36-25(27,28)29)24(34)21(14-32)33-19-4-2-3-5-22(19)37-23-12-15(26)6-11-20(23)33/h2-12,18,21,24,34H,13-14H2,1H3,(H2,30,31,35). The minimum Gasteiger partial charge on any atom is -0.406 e. The molecule has 4 unspecified atom stereocenters. The number of aliphatic hydroxyl groups is 1. The second-order valence-electron chi connectivity index (χ2n) is 9.13. The van der Waals surface area contributed by atoms with Crippen LogP contribution < -0.4 is 14.4 Å². The van der Waals surface area contributed by atoms with Crippen molar-refractivity contribution in [2.45, 2.75) is 39.2 Å². The van der Waals surface area contributed by atoms with Gasteiger partial charge in [0.25, 0.3) is 0 Å². The van der Waals surface area contributed by atoms with Gasteiger partial charge >= 0.3 is 6.36 Å². The summed E-state index contributed by atoms with van der Waals surface area (Å²) in [6.07, 6.45) is -5.97. The third kappa shape index (κ3) is 5.47. The lowest BCUT2D eigenvalue weighted by Gasteiger charge is -2.47. The van der Waals surface area contributed by atoms with Crippen LogP contribution in [0.5, 0.6) is 5.75 Å². The van der Waals surface area contributed by atoms with Gasteiger partial charge in [0.15, 0.2) is 0 Å². The molecular formula is C25H24F4N4O3S2. The minimum absolute atomic E-state index is 0.0514. The maximum absolute atomic E-state index is 14.1. The average molecular weight is 569 g/mol. The highest BCUT2D eigenvalue weighted by molar-refractivity contribution is 7.99. The van der Waals surface area contributed by atoms with E-state index in [1.807, 2.05) is 41.1 Å². The molecule has 4 atom stereocenters. The topological polar surface area (TPSA) is 88.9 Å². The first-order valence-electron chi connectivity index (χ1n) is 11.6. The Labute approximate surface area is 221 Å². The molecular weight excluding hydrogens is 544 g/mol. The quantitative estimate of drug-likeness (QED) is 0.377. The molecule has 0 radical (unpaired) electrons. The van der Waals surface area contributed by atoms with Crippen LogP contribution in [-0.4, -0.2) is 58.9 Å². The van der Waals surface area contributed by atoms with E-state index in [1.54, 1.807) is 6.07 Å². The number of likely N-dealkylation sites (tertiary alicyclic amines) is 1. The average Bonchev–Trinajstić information content (AvgIpc) is 2.84. The molecule has 0 amide bonds. The number of piperidine rings is 1. The Morgan fingerprint density at radius 3 is 2.45 bits per heavy atom. The number of likely N-dealkylation sites (N-methyl/N-ethyl adjacent to an activating group) is 1. The van der Waals surface area contributed by atoms with Gasteiger partial charge in [-0.15, -0.1) is 13.2 Å². The number of benzene rings is 3. The lowest BCUT2D eigenvalue weighted by molar-refractivity contribution is -0.274. The van der Waals surface area contributed by atoms with E-state index in [1.165, 1.54) is 23.9 Å². The van der Waals surface area contributed by atoms with E-state index in [9.17, 15) is 26.9 Å². The van der Waals surface area contributed by atoms with E-state index >= 15 is 0 Å². The number of nitrogens with one attached hydrogen (secondary N) is 2. The number of fused-ring (bicyclic) bond motifs is 2. The number of hydrogen-bond acceptors (Lipinski definition) is 7. The number of alkyl halides is 3. The zero-order valence-electron chi connectivity index (χ0n) is 20.0. The smallest absolute Gasteiger partial charge is 0.406 e. The van der Waals surface area contributed by atoms with Crippen molar-refractivity contribution in [2.24, 2.45) is 0 Å². The highest BCUT2D eigenvalue weighted by Crippen LogP contribution is 2.49. The van der Waals surface area contributed by atoms with Crippen molar-refractivity contribution in [1.82, 2.24) is 9.62 Å². The molecule has 1 fully saturated rings. The van der Waals surface area contributed by atoms with Crippen molar-refractivity contribution in [3.63, 3.8) is 0 Å². The molecule has 7 nitrogen and oxygen atoms in total. The summed E-state index contributed by atoms with van der Waals surface area (Å²) in [6.45, 7) is 0.696. The van der Waals surface area contributed by atoms with Gasteiger partial charge in [0.05, 0.1) is 34.5 Å². The molecule has 2 aliphatic heterocycles. The van der Waals surface area contributed by atoms with Gasteiger partial charge in [0.2, 0.25) is 0 Å². The Morgan fingerprint density at radius 1 is 1.05 bits per heavy atom. The van der Waals surface area contributed by atoms with Crippen molar-refractivity contribution in [3.05, 3.63) is 72.5 Å². The van der Waals surface area contributed by atoms with Gasteiger partial charge in [0.1, 0.15) is 21.5 Å². The molecule has 0 saturated carbocycles. The molecule has 0 spiro atoms. The summed E-state index contributed by atoms with van der Waals surface area (Å²) in [4.78, 5) is 5.41. The Balaban J connectivity index is 1.43. The third-order valence-corrected chi connectivity index (χ3v) is 9.06. The Bertz CT molecular complexity index is 1440. The number of halogens is 4. The van der Waals surface area contributed by atoms with Crippen LogP contribution >= 0.6 is 11.8 Å². The van der Waals surface area contributed by atoms with Crippen LogP contribution in [0.4, 0.5) is 28.9 Å². The zero-order chi connectivity index (χ0) is 27.2. The van der Waals surface area contributed by atoms with E-state index in [4.69, 9.17) is 4.78 Å². The molecule has 0 aromatic heterocycles. The van der Waals surface area contributed by atoms with E-state index in [0.29, 0.717) is 11.4 Å². The second kappa shape index (κ2) is 10.0. The molecule has 0 aliphatic carbocycles. The van der Waals surface area contributed by atoms with Gasteiger partial charge in [-0.25, -0.2) is 18.1 Å². The van der Waals surface area contributed by atoms with E-state index in [0.717, 1.165) is 40.5 Å². The van der Waals surface area contributed by atoms with Crippen LogP contribution in [0.25, 0.3) is 0 Å². The fraction of sp³-hybridized carbons (Fsp3) is 0.280. The first kappa shape index (κ1) is 26.8. The highest BCUT2D eigenvalue weighted by Gasteiger charge is 2.42. The Kier molecular flexibility index (Phi) is 7.07. The van der Waals surface area contributed by atoms with Crippen LogP contribution in [0.3, 0.4) is 0 Å². The molecule has 1 saturated heterocycles. The number of ether oxygens (including phenoxy) is 1. The summed E-state index contributed by atoms with van der Waals surface area (Å²) in [7, 11) is -1.87. The van der Waals surface area contributed by atoms with Crippen molar-refractivity contribution >= 4 is 33.1 Å². The monoisotopic (exact) mass is 568 g/mol.